The normalized spacial score (nSPS) is 18.6. The number of piperidine rings is 1. The predicted molar refractivity (Wildman–Crippen MR) is 57.8 cm³/mol. The van der Waals surface area contributed by atoms with Gasteiger partial charge in [-0.1, -0.05) is 0 Å². The van der Waals surface area contributed by atoms with Gasteiger partial charge in [-0.3, -0.25) is 0 Å². The molecule has 15 heavy (non-hydrogen) atoms. The molecule has 4 heteroatoms. The Morgan fingerprint density at radius 2 is 1.93 bits per heavy atom. The van der Waals surface area contributed by atoms with Gasteiger partial charge >= 0.3 is 6.16 Å². The van der Waals surface area contributed by atoms with Crippen LogP contribution in [0, 0.1) is 5.92 Å². The van der Waals surface area contributed by atoms with Crippen molar-refractivity contribution in [2.45, 2.75) is 39.2 Å². The first-order valence-electron chi connectivity index (χ1n) is 5.54. The number of carbonyl (C=O) groups excluding carboxylic acids is 1. The van der Waals surface area contributed by atoms with Crippen molar-refractivity contribution >= 4 is 6.16 Å². The van der Waals surface area contributed by atoms with Crippen LogP contribution in [0.4, 0.5) is 4.79 Å². The monoisotopic (exact) mass is 215 g/mol. The molecule has 0 amide bonds. The number of hydrogen-bond acceptors (Lipinski definition) is 4. The molecule has 1 fully saturated rings. The minimum Gasteiger partial charge on any atom is -0.434 e. The Morgan fingerprint density at radius 3 is 2.47 bits per heavy atom. The number of hydrogen-bond donors (Lipinski definition) is 1. The van der Waals surface area contributed by atoms with Gasteiger partial charge in [-0.25, -0.2) is 4.79 Å². The third kappa shape index (κ3) is 5.62. The van der Waals surface area contributed by atoms with Gasteiger partial charge in [0.25, 0.3) is 0 Å². The molecule has 1 aliphatic rings. The van der Waals surface area contributed by atoms with Crippen LogP contribution in [0.2, 0.25) is 0 Å². The van der Waals surface area contributed by atoms with Crippen LogP contribution in [0.3, 0.4) is 0 Å². The summed E-state index contributed by atoms with van der Waals surface area (Å²) in [6.07, 6.45) is 1.59. The number of carbonyl (C=O) groups is 1. The van der Waals surface area contributed by atoms with Crippen molar-refractivity contribution in [3.63, 3.8) is 0 Å². The van der Waals surface area contributed by atoms with E-state index in [4.69, 9.17) is 9.47 Å². The fourth-order valence-corrected chi connectivity index (χ4v) is 1.51. The van der Waals surface area contributed by atoms with Gasteiger partial charge in [0.05, 0.1) is 6.61 Å². The molecule has 0 aromatic heterocycles. The average molecular weight is 215 g/mol. The molecule has 1 rings (SSSR count). The summed E-state index contributed by atoms with van der Waals surface area (Å²) in [7, 11) is 0. The van der Waals surface area contributed by atoms with Crippen LogP contribution in [0.5, 0.6) is 0 Å². The molecule has 0 aromatic rings. The molecule has 0 radical (unpaired) electrons. The van der Waals surface area contributed by atoms with Gasteiger partial charge in [0, 0.05) is 0 Å². The summed E-state index contributed by atoms with van der Waals surface area (Å²) in [6, 6.07) is 0. The van der Waals surface area contributed by atoms with E-state index in [-0.39, 0.29) is 0 Å². The number of ether oxygens (including phenoxy) is 2. The molecule has 0 aromatic carbocycles. The first kappa shape index (κ1) is 12.3. The van der Waals surface area contributed by atoms with E-state index in [1.807, 2.05) is 20.8 Å². The molecule has 0 aliphatic carbocycles. The molecule has 1 aliphatic heterocycles. The molecule has 0 bridgehead atoms. The molecule has 1 N–H and O–H groups in total. The predicted octanol–water partition coefficient (Wildman–Crippen LogP) is 1.94. The summed E-state index contributed by atoms with van der Waals surface area (Å²) in [6.45, 7) is 8.01. The fraction of sp³-hybridized carbons (Fsp3) is 0.909. The molecule has 0 spiro atoms. The van der Waals surface area contributed by atoms with E-state index >= 15 is 0 Å². The number of rotatable bonds is 2. The van der Waals surface area contributed by atoms with Crippen LogP contribution in [0.25, 0.3) is 0 Å². The Kier molecular flexibility index (Phi) is 4.39. The maximum absolute atomic E-state index is 11.2. The Balaban J connectivity index is 2.15. The Bertz CT molecular complexity index is 204. The molecule has 0 saturated carbocycles. The van der Waals surface area contributed by atoms with Crippen LogP contribution < -0.4 is 5.32 Å². The average Bonchev–Trinajstić information content (AvgIpc) is 2.14. The van der Waals surface area contributed by atoms with Crippen LogP contribution in [-0.4, -0.2) is 31.5 Å². The molecule has 1 saturated heterocycles. The zero-order valence-corrected chi connectivity index (χ0v) is 9.84. The van der Waals surface area contributed by atoms with E-state index in [2.05, 4.69) is 5.32 Å². The first-order chi connectivity index (χ1) is 6.97. The smallest absolute Gasteiger partial charge is 0.434 e. The van der Waals surface area contributed by atoms with Crippen molar-refractivity contribution in [1.29, 1.82) is 0 Å². The standard InChI is InChI=1S/C11H21NO3/c1-11(2,3)15-10(13)14-8-9-4-6-12-7-5-9/h9,12H,4-8H2,1-3H3. The van der Waals surface area contributed by atoms with Crippen LogP contribution in [0.1, 0.15) is 33.6 Å². The highest BCUT2D eigenvalue weighted by Crippen LogP contribution is 2.13. The quantitative estimate of drug-likeness (QED) is 0.715. The van der Waals surface area contributed by atoms with Crippen molar-refractivity contribution in [3.8, 4) is 0 Å². The van der Waals surface area contributed by atoms with Gasteiger partial charge in [0.1, 0.15) is 5.60 Å². The summed E-state index contributed by atoms with van der Waals surface area (Å²) in [5.41, 5.74) is -0.467. The maximum Gasteiger partial charge on any atom is 0.508 e. The van der Waals surface area contributed by atoms with Crippen molar-refractivity contribution in [2.75, 3.05) is 19.7 Å². The van der Waals surface area contributed by atoms with E-state index in [0.717, 1.165) is 25.9 Å². The van der Waals surface area contributed by atoms with Crippen LogP contribution in [-0.2, 0) is 9.47 Å². The second kappa shape index (κ2) is 5.35. The molecular formula is C11H21NO3. The Labute approximate surface area is 91.3 Å². The van der Waals surface area contributed by atoms with E-state index in [1.54, 1.807) is 0 Å². The van der Waals surface area contributed by atoms with E-state index < -0.39 is 11.8 Å². The molecule has 88 valence electrons. The van der Waals surface area contributed by atoms with Gasteiger partial charge in [-0.05, 0) is 52.6 Å². The molecule has 0 atom stereocenters. The van der Waals surface area contributed by atoms with Gasteiger partial charge in [0.15, 0.2) is 0 Å². The van der Waals surface area contributed by atoms with Crippen molar-refractivity contribution in [3.05, 3.63) is 0 Å². The van der Waals surface area contributed by atoms with Gasteiger partial charge in [0.2, 0.25) is 0 Å². The maximum atomic E-state index is 11.2. The molecule has 0 unspecified atom stereocenters. The minimum atomic E-state index is -0.555. The van der Waals surface area contributed by atoms with Gasteiger partial charge < -0.3 is 14.8 Å². The second-order valence-electron chi connectivity index (χ2n) is 4.97. The topological polar surface area (TPSA) is 47.6 Å². The Morgan fingerprint density at radius 1 is 1.33 bits per heavy atom. The zero-order valence-electron chi connectivity index (χ0n) is 9.84. The lowest BCUT2D eigenvalue weighted by molar-refractivity contribution is -0.0148. The summed E-state index contributed by atoms with van der Waals surface area (Å²) in [5, 5.41) is 3.27. The lowest BCUT2D eigenvalue weighted by Gasteiger charge is -2.23. The van der Waals surface area contributed by atoms with E-state index in [1.165, 1.54) is 0 Å². The number of nitrogens with one attached hydrogen (secondary N) is 1. The molecular weight excluding hydrogens is 194 g/mol. The zero-order chi connectivity index (χ0) is 11.3. The summed E-state index contributed by atoms with van der Waals surface area (Å²) < 4.78 is 10.1. The second-order valence-corrected chi connectivity index (χ2v) is 4.97. The van der Waals surface area contributed by atoms with E-state index in [9.17, 15) is 4.79 Å². The highest BCUT2D eigenvalue weighted by atomic mass is 16.7. The largest absolute Gasteiger partial charge is 0.508 e. The first-order valence-corrected chi connectivity index (χ1v) is 5.54. The molecule has 1 heterocycles. The van der Waals surface area contributed by atoms with E-state index in [0.29, 0.717) is 12.5 Å². The van der Waals surface area contributed by atoms with Crippen LogP contribution >= 0.6 is 0 Å². The van der Waals surface area contributed by atoms with Gasteiger partial charge in [-0.2, -0.15) is 0 Å². The third-order valence-corrected chi connectivity index (χ3v) is 2.29. The lowest BCUT2D eigenvalue weighted by Crippen LogP contribution is -2.31. The summed E-state index contributed by atoms with van der Waals surface area (Å²) >= 11 is 0. The lowest BCUT2D eigenvalue weighted by atomic mass is 9.99. The van der Waals surface area contributed by atoms with Crippen molar-refractivity contribution in [1.82, 2.24) is 5.32 Å². The van der Waals surface area contributed by atoms with Crippen LogP contribution in [0.15, 0.2) is 0 Å². The summed E-state index contributed by atoms with van der Waals surface area (Å²) in [5.74, 6) is 0.485. The van der Waals surface area contributed by atoms with Gasteiger partial charge in [-0.15, -0.1) is 0 Å². The molecule has 4 nitrogen and oxygen atoms in total. The highest BCUT2D eigenvalue weighted by molar-refractivity contribution is 5.60. The summed E-state index contributed by atoms with van der Waals surface area (Å²) in [4.78, 5) is 11.2. The van der Waals surface area contributed by atoms with Crippen molar-refractivity contribution < 1.29 is 14.3 Å². The van der Waals surface area contributed by atoms with Crippen molar-refractivity contribution in [2.24, 2.45) is 5.92 Å². The minimum absolute atomic E-state index is 0.467. The third-order valence-electron chi connectivity index (χ3n) is 2.29. The fourth-order valence-electron chi connectivity index (χ4n) is 1.51. The highest BCUT2D eigenvalue weighted by Gasteiger charge is 2.20. The SMILES string of the molecule is CC(C)(C)OC(=O)OCC1CCNCC1. The Hall–Kier alpha value is -0.770.